The largest absolute Gasteiger partial charge is 2.00 e. The second-order valence-corrected chi connectivity index (χ2v) is 0.274. The summed E-state index contributed by atoms with van der Waals surface area (Å²) in [5.74, 6) is 0. The van der Waals surface area contributed by atoms with Crippen molar-refractivity contribution in [3.63, 3.8) is 0 Å². The Morgan fingerprint density at radius 2 is 0.727 bits per heavy atom. The van der Waals surface area contributed by atoms with Gasteiger partial charge in [0.2, 0.25) is 0 Å². The number of hydrogen-bond donors (Lipinski definition) is 0. The minimum absolute atomic E-state index is 0. The fourth-order valence-corrected chi connectivity index (χ4v) is 0. The molecule has 0 aromatic heterocycles. The van der Waals surface area contributed by atoms with Crippen LogP contribution in [0.1, 0.15) is 0 Å². The summed E-state index contributed by atoms with van der Waals surface area (Å²) in [6.07, 6.45) is 1.50. The molecule has 8 heteroatoms. The number of rotatable bonds is 0. The molecule has 0 aromatic rings. The molecule has 0 aliphatic carbocycles. The Morgan fingerprint density at radius 1 is 0.727 bits per heavy atom. The zero-order chi connectivity index (χ0) is 8.12. The summed E-state index contributed by atoms with van der Waals surface area (Å²) in [7, 11) is 0. The van der Waals surface area contributed by atoms with Crippen molar-refractivity contribution in [2.24, 2.45) is 0 Å². The van der Waals surface area contributed by atoms with E-state index in [1.807, 2.05) is 0 Å². The van der Waals surface area contributed by atoms with Gasteiger partial charge in [-0.1, -0.05) is 0 Å². The van der Waals surface area contributed by atoms with E-state index in [9.17, 15) is 0 Å². The van der Waals surface area contributed by atoms with Gasteiger partial charge in [0, 0.05) is 0 Å². The second-order valence-electron chi connectivity index (χ2n) is 0.274. The Kier molecular flexibility index (Phi) is 225. The average Bonchev–Trinajstić information content (AvgIpc) is 1.70. The van der Waals surface area contributed by atoms with Crippen LogP contribution in [0.15, 0.2) is 0 Å². The van der Waals surface area contributed by atoms with Gasteiger partial charge < -0.3 is 16.2 Å². The van der Waals surface area contributed by atoms with E-state index in [0.717, 1.165) is 0 Å². The summed E-state index contributed by atoms with van der Waals surface area (Å²) in [6.45, 7) is 0. The second kappa shape index (κ2) is 81.9. The van der Waals surface area contributed by atoms with Crippen LogP contribution in [0.4, 0.5) is 0 Å². The molecule has 0 radical (unpaired) electrons. The van der Waals surface area contributed by atoms with E-state index in [2.05, 4.69) is 0 Å². The number of isocyanates is 3. The van der Waals surface area contributed by atoms with Crippen LogP contribution in [0.3, 0.4) is 0 Å². The van der Waals surface area contributed by atoms with Crippen LogP contribution in [0.5, 0.6) is 0 Å². The van der Waals surface area contributed by atoms with Crippen molar-refractivity contribution in [2.45, 2.75) is 0 Å². The van der Waals surface area contributed by atoms with E-state index >= 15 is 0 Å². The summed E-state index contributed by atoms with van der Waals surface area (Å²) >= 11 is 0. The van der Waals surface area contributed by atoms with Gasteiger partial charge in [-0.2, -0.15) is 0 Å². The molecule has 0 heterocycles. The monoisotopic (exact) mass is 221 g/mol. The Hall–Kier alpha value is 0.296. The molecule has 0 unspecified atom stereocenters. The molecule has 0 aromatic carbocycles. The van der Waals surface area contributed by atoms with Crippen LogP contribution in [-0.4, -0.2) is 18.2 Å². The zero-order valence-electron chi connectivity index (χ0n) is 5.42. The molecule has 0 rings (SSSR count). The van der Waals surface area contributed by atoms with E-state index in [-0.39, 0.29) is 68.5 Å². The van der Waals surface area contributed by atoms with E-state index in [4.69, 9.17) is 30.6 Å². The molecular formula is C3FeKN3O3. The SMILES string of the molecule is [Fe+2].[K+].[N-]=C=O.[N-]=C=O.[N-]=C=O. The maximum absolute atomic E-state index is 8.24. The molecular weight excluding hydrogens is 221 g/mol. The third-order valence-corrected chi connectivity index (χ3v) is 0. The fraction of sp³-hybridized carbons (Fsp3) is 0. The van der Waals surface area contributed by atoms with Gasteiger partial charge in [-0.15, -0.1) is 0 Å². The topological polar surface area (TPSA) is 118 Å². The van der Waals surface area contributed by atoms with Gasteiger partial charge in [-0.25, -0.2) is 0 Å². The number of carbonyl (C=O) groups excluding carboxylic acids is 3. The third kappa shape index (κ3) is 8100. The molecule has 0 fully saturated rings. The van der Waals surface area contributed by atoms with Gasteiger partial charge in [0.1, 0.15) is 0 Å². The maximum atomic E-state index is 8.24. The first-order valence-corrected chi connectivity index (χ1v) is 1.28. The molecule has 0 atom stereocenters. The maximum Gasteiger partial charge on any atom is 2.00 e. The van der Waals surface area contributed by atoms with E-state index in [1.54, 1.807) is 0 Å². The Bertz CT molecular complexity index is 115. The molecule has 0 aliphatic heterocycles. The van der Waals surface area contributed by atoms with E-state index in [1.165, 1.54) is 0 Å². The van der Waals surface area contributed by atoms with Crippen molar-refractivity contribution in [3.8, 4) is 0 Å². The third-order valence-electron chi connectivity index (χ3n) is 0. The van der Waals surface area contributed by atoms with Gasteiger partial charge in [0.15, 0.2) is 0 Å². The van der Waals surface area contributed by atoms with Gasteiger partial charge in [-0.3, -0.25) is 14.4 Å². The summed E-state index contributed by atoms with van der Waals surface area (Å²) in [4.78, 5) is 24.7. The summed E-state index contributed by atoms with van der Waals surface area (Å²) in [5.41, 5.74) is 0. The molecule has 6 nitrogen and oxygen atoms in total. The van der Waals surface area contributed by atoms with Crippen molar-refractivity contribution in [1.29, 1.82) is 0 Å². The van der Waals surface area contributed by atoms with Crippen molar-refractivity contribution >= 4 is 18.2 Å². The summed E-state index contributed by atoms with van der Waals surface area (Å²) in [5, 5.41) is 20.3. The minimum atomic E-state index is 0. The first-order chi connectivity index (χ1) is 4.24. The first kappa shape index (κ1) is 30.2. The van der Waals surface area contributed by atoms with Crippen LogP contribution in [0.2, 0.25) is 0 Å². The molecule has 54 valence electrons. The zero-order valence-corrected chi connectivity index (χ0v) is 9.65. The van der Waals surface area contributed by atoms with Gasteiger partial charge in [0.05, 0.1) is 0 Å². The molecule has 0 spiro atoms. The first-order valence-electron chi connectivity index (χ1n) is 1.28. The fourth-order valence-electron chi connectivity index (χ4n) is 0. The number of nitrogens with zero attached hydrogens (tertiary/aromatic N) is 3. The molecule has 0 amide bonds. The van der Waals surface area contributed by atoms with Crippen LogP contribution in [-0.2, 0) is 31.5 Å². The minimum Gasteiger partial charge on any atom is -0.724 e. The Labute approximate surface area is 116 Å². The van der Waals surface area contributed by atoms with Crippen molar-refractivity contribution in [1.82, 2.24) is 0 Å². The van der Waals surface area contributed by atoms with Crippen LogP contribution in [0, 0.1) is 0 Å². The Balaban J connectivity index is -0.0000000150. The molecule has 0 bridgehead atoms. The predicted octanol–water partition coefficient (Wildman–Crippen LogP) is -3.32. The standard InChI is InChI=1S/3CNO.Fe.K/c3*2-1-3;;/q3*-1;+2;+1. The number of hydrogen-bond acceptors (Lipinski definition) is 3. The molecule has 0 N–H and O–H groups in total. The van der Waals surface area contributed by atoms with Crippen molar-refractivity contribution in [2.75, 3.05) is 0 Å². The van der Waals surface area contributed by atoms with Crippen LogP contribution < -0.4 is 51.4 Å². The van der Waals surface area contributed by atoms with E-state index in [0.29, 0.717) is 18.2 Å². The summed E-state index contributed by atoms with van der Waals surface area (Å²) < 4.78 is 0. The average molecular weight is 221 g/mol. The molecule has 0 saturated carbocycles. The quantitative estimate of drug-likeness (QED) is 0.242. The predicted molar refractivity (Wildman–Crippen MR) is 27.2 cm³/mol. The van der Waals surface area contributed by atoms with Gasteiger partial charge in [-0.05, 0) is 18.2 Å². The summed E-state index contributed by atoms with van der Waals surface area (Å²) in [6, 6.07) is 0. The smallest absolute Gasteiger partial charge is 0.724 e. The van der Waals surface area contributed by atoms with Crippen molar-refractivity contribution < 1.29 is 82.8 Å². The van der Waals surface area contributed by atoms with Crippen molar-refractivity contribution in [3.05, 3.63) is 16.2 Å². The normalized spacial score (nSPS) is 2.18. The molecule has 11 heavy (non-hydrogen) atoms. The Morgan fingerprint density at radius 3 is 0.727 bits per heavy atom. The molecule has 0 aliphatic rings. The van der Waals surface area contributed by atoms with E-state index < -0.39 is 0 Å². The molecule has 0 saturated heterocycles. The van der Waals surface area contributed by atoms with Crippen LogP contribution >= 0.6 is 0 Å². The van der Waals surface area contributed by atoms with Gasteiger partial charge in [0.25, 0.3) is 0 Å². The van der Waals surface area contributed by atoms with Crippen LogP contribution in [0.25, 0.3) is 16.2 Å². The van der Waals surface area contributed by atoms with Gasteiger partial charge >= 0.3 is 68.5 Å².